The molecular formula is C17H18F2N2O3S. The van der Waals surface area contributed by atoms with Crippen LogP contribution in [0.2, 0.25) is 0 Å². The minimum atomic E-state index is -3.00. The molecule has 0 spiro atoms. The molecule has 0 aliphatic heterocycles. The minimum Gasteiger partial charge on any atom is -0.493 e. The fourth-order valence-electron chi connectivity index (χ4n) is 1.96. The van der Waals surface area contributed by atoms with Gasteiger partial charge in [-0.15, -0.1) is 11.3 Å². The Morgan fingerprint density at radius 2 is 2.12 bits per heavy atom. The molecule has 5 nitrogen and oxygen atoms in total. The summed E-state index contributed by atoms with van der Waals surface area (Å²) in [4.78, 5) is 16.3. The molecule has 0 aliphatic carbocycles. The van der Waals surface area contributed by atoms with Crippen molar-refractivity contribution in [2.45, 2.75) is 26.4 Å². The normalized spacial score (nSPS) is 11.3. The van der Waals surface area contributed by atoms with E-state index < -0.39 is 12.5 Å². The molecule has 0 fully saturated rings. The number of nitrogens with zero attached hydrogens (tertiary/aromatic N) is 1. The number of anilines is 1. The van der Waals surface area contributed by atoms with Crippen molar-refractivity contribution in [1.82, 2.24) is 4.98 Å². The summed E-state index contributed by atoms with van der Waals surface area (Å²) < 4.78 is 34.7. The van der Waals surface area contributed by atoms with Crippen LogP contribution in [0, 0.1) is 0 Å². The van der Waals surface area contributed by atoms with Gasteiger partial charge in [0.1, 0.15) is 0 Å². The summed E-state index contributed by atoms with van der Waals surface area (Å²) >= 11 is 1.32. The molecule has 0 aliphatic rings. The van der Waals surface area contributed by atoms with E-state index in [0.717, 1.165) is 5.69 Å². The Bertz CT molecular complexity index is 760. The Kier molecular flexibility index (Phi) is 6.46. The van der Waals surface area contributed by atoms with Crippen LogP contribution < -0.4 is 14.8 Å². The van der Waals surface area contributed by atoms with Crippen molar-refractivity contribution in [3.63, 3.8) is 0 Å². The summed E-state index contributed by atoms with van der Waals surface area (Å²) in [6, 6.07) is 4.66. The van der Waals surface area contributed by atoms with E-state index in [1.165, 1.54) is 36.7 Å². The summed E-state index contributed by atoms with van der Waals surface area (Å²) in [6.07, 6.45) is 2.61. The zero-order valence-corrected chi connectivity index (χ0v) is 14.8. The number of rotatable bonds is 7. The first-order valence-corrected chi connectivity index (χ1v) is 8.35. The maximum atomic E-state index is 12.6. The molecule has 2 rings (SSSR count). The highest BCUT2D eigenvalue weighted by atomic mass is 32.1. The lowest BCUT2D eigenvalue weighted by Crippen LogP contribution is -2.08. The molecule has 134 valence electrons. The maximum Gasteiger partial charge on any atom is 0.387 e. The summed E-state index contributed by atoms with van der Waals surface area (Å²) in [5.74, 6) is -0.122. The summed E-state index contributed by atoms with van der Waals surface area (Å²) in [5.41, 5.74) is 1.20. The number of ether oxygens (including phenoxy) is 2. The largest absolute Gasteiger partial charge is 0.493 e. The SMILES string of the molecule is COc1cccc(/C=C/C(=O)Nc2nc(C(C)C)cs2)c1OC(F)F. The lowest BCUT2D eigenvalue weighted by atomic mass is 10.1. The van der Waals surface area contributed by atoms with Crippen molar-refractivity contribution >= 4 is 28.5 Å². The number of hydrogen-bond donors (Lipinski definition) is 1. The van der Waals surface area contributed by atoms with Gasteiger partial charge in [-0.2, -0.15) is 8.78 Å². The van der Waals surface area contributed by atoms with E-state index in [0.29, 0.717) is 10.7 Å². The lowest BCUT2D eigenvalue weighted by molar-refractivity contribution is -0.111. The number of alkyl halides is 2. The number of amides is 1. The Morgan fingerprint density at radius 1 is 1.36 bits per heavy atom. The van der Waals surface area contributed by atoms with Crippen LogP contribution in [-0.4, -0.2) is 24.6 Å². The van der Waals surface area contributed by atoms with Crippen LogP contribution in [0.25, 0.3) is 6.08 Å². The molecule has 0 atom stereocenters. The lowest BCUT2D eigenvalue weighted by Gasteiger charge is -2.12. The van der Waals surface area contributed by atoms with Crippen molar-refractivity contribution in [2.24, 2.45) is 0 Å². The predicted molar refractivity (Wildman–Crippen MR) is 93.5 cm³/mol. The third-order valence-corrected chi connectivity index (χ3v) is 3.97. The van der Waals surface area contributed by atoms with Crippen LogP contribution in [-0.2, 0) is 4.79 Å². The van der Waals surface area contributed by atoms with Gasteiger partial charge in [0.25, 0.3) is 0 Å². The van der Waals surface area contributed by atoms with Gasteiger partial charge in [-0.25, -0.2) is 4.98 Å². The van der Waals surface area contributed by atoms with Crippen molar-refractivity contribution < 1.29 is 23.0 Å². The van der Waals surface area contributed by atoms with E-state index in [4.69, 9.17) is 4.74 Å². The third-order valence-electron chi connectivity index (χ3n) is 3.19. The van der Waals surface area contributed by atoms with Gasteiger partial charge in [0.2, 0.25) is 5.91 Å². The molecule has 1 aromatic heterocycles. The first-order valence-electron chi connectivity index (χ1n) is 7.47. The number of para-hydroxylation sites is 1. The Labute approximate surface area is 148 Å². The van der Waals surface area contributed by atoms with Gasteiger partial charge < -0.3 is 9.47 Å². The smallest absolute Gasteiger partial charge is 0.387 e. The molecule has 0 radical (unpaired) electrons. The maximum absolute atomic E-state index is 12.6. The zero-order valence-electron chi connectivity index (χ0n) is 14.0. The molecule has 1 aromatic carbocycles. The number of carbonyl (C=O) groups excluding carboxylic acids is 1. The second-order valence-corrected chi connectivity index (χ2v) is 6.17. The second-order valence-electron chi connectivity index (χ2n) is 5.31. The molecule has 0 saturated heterocycles. The average molecular weight is 368 g/mol. The quantitative estimate of drug-likeness (QED) is 0.730. The molecule has 0 saturated carbocycles. The predicted octanol–water partition coefficient (Wildman–Crippen LogP) is 4.53. The number of aromatic nitrogens is 1. The Balaban J connectivity index is 2.13. The molecule has 2 aromatic rings. The third kappa shape index (κ3) is 5.25. The molecular weight excluding hydrogens is 350 g/mol. The highest BCUT2D eigenvalue weighted by Gasteiger charge is 2.14. The standard InChI is InChI=1S/C17H18F2N2O3S/c1-10(2)12-9-25-17(20-12)21-14(22)8-7-11-5-4-6-13(23-3)15(11)24-16(18)19/h4-10,16H,1-3H3,(H,20,21,22)/b8-7+. The van der Waals surface area contributed by atoms with E-state index >= 15 is 0 Å². The van der Waals surface area contributed by atoms with E-state index in [9.17, 15) is 13.6 Å². The minimum absolute atomic E-state index is 0.125. The topological polar surface area (TPSA) is 60.5 Å². The number of benzene rings is 1. The van der Waals surface area contributed by atoms with Crippen LogP contribution in [0.1, 0.15) is 31.0 Å². The van der Waals surface area contributed by atoms with Crippen LogP contribution in [0.3, 0.4) is 0 Å². The Morgan fingerprint density at radius 3 is 2.72 bits per heavy atom. The van der Waals surface area contributed by atoms with Crippen LogP contribution >= 0.6 is 11.3 Å². The monoisotopic (exact) mass is 368 g/mol. The van der Waals surface area contributed by atoms with Gasteiger partial charge in [0.05, 0.1) is 12.8 Å². The van der Waals surface area contributed by atoms with Crippen molar-refractivity contribution in [2.75, 3.05) is 12.4 Å². The molecule has 1 heterocycles. The van der Waals surface area contributed by atoms with E-state index in [1.54, 1.807) is 12.1 Å². The number of thiazole rings is 1. The highest BCUT2D eigenvalue weighted by Crippen LogP contribution is 2.33. The van der Waals surface area contributed by atoms with Gasteiger partial charge in [-0.1, -0.05) is 26.0 Å². The zero-order chi connectivity index (χ0) is 18.4. The number of methoxy groups -OCH3 is 1. The number of halogens is 2. The highest BCUT2D eigenvalue weighted by molar-refractivity contribution is 7.14. The van der Waals surface area contributed by atoms with Gasteiger partial charge in [0, 0.05) is 17.0 Å². The molecule has 0 bridgehead atoms. The van der Waals surface area contributed by atoms with Gasteiger partial charge in [0.15, 0.2) is 16.6 Å². The molecule has 1 amide bonds. The van der Waals surface area contributed by atoms with Gasteiger partial charge >= 0.3 is 6.61 Å². The molecule has 1 N–H and O–H groups in total. The number of carbonyl (C=O) groups is 1. The molecule has 0 unspecified atom stereocenters. The van der Waals surface area contributed by atoms with Crippen LogP contribution in [0.4, 0.5) is 13.9 Å². The molecule has 8 heteroatoms. The first-order chi connectivity index (χ1) is 11.9. The van der Waals surface area contributed by atoms with Gasteiger partial charge in [-0.3, -0.25) is 10.1 Å². The fraction of sp³-hybridized carbons (Fsp3) is 0.294. The van der Waals surface area contributed by atoms with Crippen molar-refractivity contribution in [3.8, 4) is 11.5 Å². The second kappa shape index (κ2) is 8.57. The van der Waals surface area contributed by atoms with Gasteiger partial charge in [-0.05, 0) is 18.1 Å². The van der Waals surface area contributed by atoms with Crippen LogP contribution in [0.5, 0.6) is 11.5 Å². The number of hydrogen-bond acceptors (Lipinski definition) is 5. The molecule has 25 heavy (non-hydrogen) atoms. The van der Waals surface area contributed by atoms with E-state index in [1.807, 2.05) is 19.2 Å². The van der Waals surface area contributed by atoms with E-state index in [-0.39, 0.29) is 17.4 Å². The van der Waals surface area contributed by atoms with E-state index in [2.05, 4.69) is 15.0 Å². The first kappa shape index (κ1) is 18.9. The summed E-state index contributed by atoms with van der Waals surface area (Å²) in [6.45, 7) is 1.02. The fourth-order valence-corrected chi connectivity index (χ4v) is 2.84. The summed E-state index contributed by atoms with van der Waals surface area (Å²) in [5, 5.41) is 4.99. The number of nitrogens with one attached hydrogen (secondary N) is 1. The average Bonchev–Trinajstić information content (AvgIpc) is 3.02. The van der Waals surface area contributed by atoms with Crippen LogP contribution in [0.15, 0.2) is 29.7 Å². The van der Waals surface area contributed by atoms with Crippen molar-refractivity contribution in [3.05, 3.63) is 40.9 Å². The summed E-state index contributed by atoms with van der Waals surface area (Å²) in [7, 11) is 1.35. The van der Waals surface area contributed by atoms with Crippen molar-refractivity contribution in [1.29, 1.82) is 0 Å². The Hall–Kier alpha value is -2.48.